The third-order valence-electron chi connectivity index (χ3n) is 2.25. The number of halogens is 1. The lowest BCUT2D eigenvalue weighted by molar-refractivity contribution is 0.0692. The smallest absolute Gasteiger partial charge is 0.356 e. The zero-order valence-corrected chi connectivity index (χ0v) is 10.1. The number of nitrogen functional groups attached to an aromatic ring is 1. The number of carboxylic acids is 1. The number of nitrogens with zero attached hydrogens (tertiary/aromatic N) is 1. The molecule has 7 heteroatoms. The second-order valence-corrected chi connectivity index (χ2v) is 4.41. The number of anilines is 1. The number of rotatable bonds is 3. The topological polar surface area (TPSA) is 85.4 Å². The standard InChI is InChI=1S/C11H9FN2O3S/c1-17-7-3-2-5(12)4-6(7)9-8(10(15)16)14-11(13)18-9/h2-4H,1H3,(H2,13,14)(H,15,16). The maximum Gasteiger partial charge on any atom is 0.356 e. The van der Waals surface area contributed by atoms with Crippen molar-refractivity contribution in [2.45, 2.75) is 0 Å². The average Bonchev–Trinajstić information content (AvgIpc) is 2.71. The summed E-state index contributed by atoms with van der Waals surface area (Å²) in [4.78, 5) is 15.0. The van der Waals surface area contributed by atoms with E-state index in [2.05, 4.69) is 4.98 Å². The lowest BCUT2D eigenvalue weighted by Gasteiger charge is -2.06. The third-order valence-corrected chi connectivity index (χ3v) is 3.17. The van der Waals surface area contributed by atoms with Crippen LogP contribution in [0, 0.1) is 5.82 Å². The second-order valence-electron chi connectivity index (χ2n) is 3.38. The Hall–Kier alpha value is -2.15. The van der Waals surface area contributed by atoms with Gasteiger partial charge in [-0.2, -0.15) is 0 Å². The molecule has 1 heterocycles. The fourth-order valence-electron chi connectivity index (χ4n) is 1.52. The molecule has 5 nitrogen and oxygen atoms in total. The Morgan fingerprint density at radius 1 is 1.56 bits per heavy atom. The highest BCUT2D eigenvalue weighted by Crippen LogP contribution is 2.37. The number of aromatic carboxylic acids is 1. The van der Waals surface area contributed by atoms with Gasteiger partial charge in [-0.05, 0) is 18.2 Å². The van der Waals surface area contributed by atoms with Crippen LogP contribution in [0.1, 0.15) is 10.5 Å². The van der Waals surface area contributed by atoms with E-state index < -0.39 is 11.8 Å². The molecule has 1 aromatic carbocycles. The van der Waals surface area contributed by atoms with E-state index in [1.165, 1.54) is 25.3 Å². The molecule has 94 valence electrons. The van der Waals surface area contributed by atoms with Crippen LogP contribution in [0.2, 0.25) is 0 Å². The van der Waals surface area contributed by atoms with Crippen molar-refractivity contribution >= 4 is 22.4 Å². The third kappa shape index (κ3) is 2.12. The number of hydrogen-bond donors (Lipinski definition) is 2. The summed E-state index contributed by atoms with van der Waals surface area (Å²) in [6, 6.07) is 3.84. The van der Waals surface area contributed by atoms with E-state index in [1.54, 1.807) is 0 Å². The minimum Gasteiger partial charge on any atom is -0.496 e. The van der Waals surface area contributed by atoms with Crippen LogP contribution in [-0.2, 0) is 0 Å². The first kappa shape index (κ1) is 12.3. The van der Waals surface area contributed by atoms with Crippen LogP contribution < -0.4 is 10.5 Å². The van der Waals surface area contributed by atoms with Crippen LogP contribution in [0.5, 0.6) is 5.75 Å². The minimum absolute atomic E-state index is 0.105. The predicted octanol–water partition coefficient (Wildman–Crippen LogP) is 2.24. The van der Waals surface area contributed by atoms with Crippen LogP contribution in [0.15, 0.2) is 18.2 Å². The molecule has 0 saturated carbocycles. The number of nitrogens with two attached hydrogens (primary N) is 1. The van der Waals surface area contributed by atoms with Crippen LogP contribution in [-0.4, -0.2) is 23.2 Å². The number of carboxylic acid groups (broad SMARTS) is 1. The molecule has 0 bridgehead atoms. The lowest BCUT2D eigenvalue weighted by Crippen LogP contribution is -2.00. The Morgan fingerprint density at radius 3 is 2.89 bits per heavy atom. The van der Waals surface area contributed by atoms with E-state index in [0.717, 1.165) is 11.3 Å². The number of ether oxygens (including phenoxy) is 1. The van der Waals surface area contributed by atoms with Gasteiger partial charge in [0.25, 0.3) is 0 Å². The van der Waals surface area contributed by atoms with Gasteiger partial charge in [-0.3, -0.25) is 0 Å². The van der Waals surface area contributed by atoms with E-state index in [4.69, 9.17) is 15.6 Å². The molecular formula is C11H9FN2O3S. The number of carbonyl (C=O) groups is 1. The molecule has 18 heavy (non-hydrogen) atoms. The van der Waals surface area contributed by atoms with Crippen molar-refractivity contribution in [3.8, 4) is 16.2 Å². The van der Waals surface area contributed by atoms with Gasteiger partial charge in [0.1, 0.15) is 11.6 Å². The first-order chi connectivity index (χ1) is 8.52. The van der Waals surface area contributed by atoms with Gasteiger partial charge in [0.2, 0.25) is 0 Å². The first-order valence-electron chi connectivity index (χ1n) is 4.86. The van der Waals surface area contributed by atoms with Gasteiger partial charge in [-0.25, -0.2) is 14.2 Å². The van der Waals surface area contributed by atoms with Gasteiger partial charge in [-0.15, -0.1) is 0 Å². The average molecular weight is 268 g/mol. The summed E-state index contributed by atoms with van der Waals surface area (Å²) in [5, 5.41) is 9.13. The molecule has 0 fully saturated rings. The Morgan fingerprint density at radius 2 is 2.28 bits per heavy atom. The maximum atomic E-state index is 13.3. The Labute approximate surface area is 106 Å². The normalized spacial score (nSPS) is 10.3. The van der Waals surface area contributed by atoms with E-state index >= 15 is 0 Å². The van der Waals surface area contributed by atoms with E-state index in [-0.39, 0.29) is 15.7 Å². The molecule has 0 aliphatic heterocycles. The van der Waals surface area contributed by atoms with Crippen LogP contribution in [0.4, 0.5) is 9.52 Å². The zero-order valence-electron chi connectivity index (χ0n) is 9.31. The minimum atomic E-state index is -1.22. The van der Waals surface area contributed by atoms with Gasteiger partial charge in [0.15, 0.2) is 10.8 Å². The predicted molar refractivity (Wildman–Crippen MR) is 65.4 cm³/mol. The van der Waals surface area contributed by atoms with Crippen molar-refractivity contribution in [2.75, 3.05) is 12.8 Å². The highest BCUT2D eigenvalue weighted by Gasteiger charge is 2.21. The summed E-state index contributed by atoms with van der Waals surface area (Å²) in [6.45, 7) is 0. The fourth-order valence-corrected chi connectivity index (χ4v) is 2.37. The number of benzene rings is 1. The summed E-state index contributed by atoms with van der Waals surface area (Å²) < 4.78 is 18.3. The van der Waals surface area contributed by atoms with Crippen molar-refractivity contribution in [1.82, 2.24) is 4.98 Å². The van der Waals surface area contributed by atoms with Gasteiger partial charge in [0, 0.05) is 5.56 Å². The second kappa shape index (κ2) is 4.61. The van der Waals surface area contributed by atoms with Crippen molar-refractivity contribution in [1.29, 1.82) is 0 Å². The van der Waals surface area contributed by atoms with Gasteiger partial charge in [-0.1, -0.05) is 11.3 Å². The van der Waals surface area contributed by atoms with Crippen LogP contribution in [0.3, 0.4) is 0 Å². The molecule has 0 aliphatic rings. The van der Waals surface area contributed by atoms with Gasteiger partial charge < -0.3 is 15.6 Å². The maximum absolute atomic E-state index is 13.3. The molecule has 3 N–H and O–H groups in total. The number of methoxy groups -OCH3 is 1. The zero-order chi connectivity index (χ0) is 13.3. The molecule has 0 amide bonds. The summed E-state index contributed by atoms with van der Waals surface area (Å²) in [7, 11) is 1.42. The highest BCUT2D eigenvalue weighted by molar-refractivity contribution is 7.19. The van der Waals surface area contributed by atoms with E-state index in [1.807, 2.05) is 0 Å². The molecule has 0 spiro atoms. The molecule has 0 unspecified atom stereocenters. The SMILES string of the molecule is COc1ccc(F)cc1-c1sc(N)nc1C(=O)O. The molecule has 0 aliphatic carbocycles. The van der Waals surface area contributed by atoms with Gasteiger partial charge in [0.05, 0.1) is 12.0 Å². The van der Waals surface area contributed by atoms with E-state index in [9.17, 15) is 9.18 Å². The Bertz CT molecular complexity index is 612. The molecular weight excluding hydrogens is 259 g/mol. The van der Waals surface area contributed by atoms with Crippen LogP contribution in [0.25, 0.3) is 10.4 Å². The molecule has 1 aromatic heterocycles. The molecule has 2 aromatic rings. The molecule has 0 radical (unpaired) electrons. The Balaban J connectivity index is 2.68. The first-order valence-corrected chi connectivity index (χ1v) is 5.68. The Kier molecular flexibility index (Phi) is 3.15. The van der Waals surface area contributed by atoms with E-state index in [0.29, 0.717) is 11.3 Å². The highest BCUT2D eigenvalue weighted by atomic mass is 32.1. The fraction of sp³-hybridized carbons (Fsp3) is 0.0909. The lowest BCUT2D eigenvalue weighted by atomic mass is 10.1. The van der Waals surface area contributed by atoms with Crippen molar-refractivity contribution in [3.05, 3.63) is 29.7 Å². The van der Waals surface area contributed by atoms with Crippen molar-refractivity contribution < 1.29 is 19.0 Å². The number of hydrogen-bond acceptors (Lipinski definition) is 5. The molecule has 2 rings (SSSR count). The number of thiazole rings is 1. The summed E-state index contributed by atoms with van der Waals surface area (Å²) in [5.41, 5.74) is 5.61. The van der Waals surface area contributed by atoms with Crippen molar-refractivity contribution in [2.24, 2.45) is 0 Å². The summed E-state index contributed by atoms with van der Waals surface area (Å²) in [5.74, 6) is -1.35. The monoisotopic (exact) mass is 268 g/mol. The molecule has 0 atom stereocenters. The largest absolute Gasteiger partial charge is 0.496 e. The van der Waals surface area contributed by atoms with Crippen molar-refractivity contribution in [3.63, 3.8) is 0 Å². The molecule has 0 saturated heterocycles. The summed E-state index contributed by atoms with van der Waals surface area (Å²) in [6.07, 6.45) is 0. The van der Waals surface area contributed by atoms with Gasteiger partial charge >= 0.3 is 5.97 Å². The van der Waals surface area contributed by atoms with Crippen LogP contribution >= 0.6 is 11.3 Å². The quantitative estimate of drug-likeness (QED) is 0.891. The summed E-state index contributed by atoms with van der Waals surface area (Å²) >= 11 is 0.973. The number of aromatic nitrogens is 1.